The van der Waals surface area contributed by atoms with Crippen molar-refractivity contribution in [1.29, 1.82) is 0 Å². The number of phosphoric ester groups is 2. The Balaban J connectivity index is 4.47. The van der Waals surface area contributed by atoms with Crippen LogP contribution in [0, 0.1) is 0 Å². The van der Waals surface area contributed by atoms with E-state index >= 15 is 0 Å². The highest BCUT2D eigenvalue weighted by atomic mass is 31.2. The zero-order valence-corrected chi connectivity index (χ0v) is 66.2. The number of unbranched alkanes of at least 4 members (excludes halogenated alkanes) is 28. The standard InChI is InChI=1S/C85H144O16P2/c1-4-7-10-13-16-19-22-25-28-30-32-33-34-35-36-37-38-39-40-41-42-43-44-45-47-49-51-53-56-59-62-65-68-71-83(88)95-74-80(86)75-97-102(91,92)98-76-81(87)77-99-103(93,94)100-79-82(101-85(90)73-70-67-64-61-58-55-50-27-24-21-18-15-12-9-6-3)78-96-84(89)72-69-66-63-60-57-54-52-48-46-31-29-26-23-20-17-14-11-8-5-2/h8-9,11-12,16-21,25-29,32-33,35-36,46,48,50,54,57,80-82,86-87H,4-7,10,13-15,22-24,30-31,34,37-45,47,49,51-53,55-56,58-79H2,1-3H3,(H,91,92)(H,93,94)/b11-8-,12-9-,19-16-,20-17-,21-18-,28-25-,29-26-,33-32-,36-35-,48-46-,50-27-,57-54-. The first-order valence-electron chi connectivity index (χ1n) is 40.1. The summed E-state index contributed by atoms with van der Waals surface area (Å²) in [6.45, 7) is 2.37. The van der Waals surface area contributed by atoms with E-state index in [9.17, 15) is 43.5 Å². The molecule has 0 aromatic carbocycles. The van der Waals surface area contributed by atoms with Gasteiger partial charge >= 0.3 is 33.6 Å². The molecule has 0 spiro atoms. The zero-order chi connectivity index (χ0) is 75.2. The first-order valence-corrected chi connectivity index (χ1v) is 43.1. The third-order valence-corrected chi connectivity index (χ3v) is 18.4. The molecule has 0 aromatic heterocycles. The lowest BCUT2D eigenvalue weighted by Crippen LogP contribution is -2.30. The van der Waals surface area contributed by atoms with E-state index < -0.39 is 91.5 Å². The summed E-state index contributed by atoms with van der Waals surface area (Å²) in [4.78, 5) is 58.6. The molecule has 590 valence electrons. The Morgan fingerprint density at radius 2 is 0.515 bits per heavy atom. The van der Waals surface area contributed by atoms with Gasteiger partial charge in [0.15, 0.2) is 6.10 Å². The molecule has 16 nitrogen and oxygen atoms in total. The Kier molecular flexibility index (Phi) is 73.6. The number of carbonyl (C=O) groups is 3. The van der Waals surface area contributed by atoms with Crippen molar-refractivity contribution >= 4 is 33.6 Å². The van der Waals surface area contributed by atoms with Crippen LogP contribution in [-0.2, 0) is 55.8 Å². The Bertz CT molecular complexity index is 2450. The van der Waals surface area contributed by atoms with E-state index in [1.807, 2.05) is 0 Å². The van der Waals surface area contributed by atoms with E-state index in [1.54, 1.807) is 0 Å². The maximum atomic E-state index is 12.9. The van der Waals surface area contributed by atoms with Gasteiger partial charge in [0.1, 0.15) is 25.4 Å². The molecular weight excluding hydrogens is 1340 g/mol. The van der Waals surface area contributed by atoms with Crippen LogP contribution < -0.4 is 0 Å². The Labute approximate surface area is 626 Å². The summed E-state index contributed by atoms with van der Waals surface area (Å²) in [6.07, 6.45) is 94.9. The van der Waals surface area contributed by atoms with Crippen LogP contribution in [0.4, 0.5) is 0 Å². The SMILES string of the molecule is CC/C=C\C/C=C\C/C=C\C/C=C\C/C=C\CCCCCC(=O)OCC(COP(=O)(O)OCC(O)COP(=O)(O)OCC(O)COC(=O)CCCCCCCCCCCCCCCCCCC/C=C\C/C=C\C/C=C\C/C=C\CCCCC)OC(=O)CCCCCCC/C=C\C/C=C\C/C=C\CC. The normalized spacial score (nSPS) is 14.7. The van der Waals surface area contributed by atoms with Gasteiger partial charge in [-0.25, -0.2) is 9.13 Å². The van der Waals surface area contributed by atoms with Gasteiger partial charge < -0.3 is 34.2 Å². The molecule has 0 aliphatic rings. The average Bonchev–Trinajstić information content (AvgIpc) is 0.917. The average molecular weight is 1480 g/mol. The monoisotopic (exact) mass is 1480 g/mol. The zero-order valence-electron chi connectivity index (χ0n) is 64.4. The van der Waals surface area contributed by atoms with Gasteiger partial charge in [-0.05, 0) is 141 Å². The van der Waals surface area contributed by atoms with Gasteiger partial charge in [0.2, 0.25) is 0 Å². The second kappa shape index (κ2) is 77.1. The molecule has 5 unspecified atom stereocenters. The molecule has 103 heavy (non-hydrogen) atoms. The van der Waals surface area contributed by atoms with Crippen LogP contribution in [0.2, 0.25) is 0 Å². The summed E-state index contributed by atoms with van der Waals surface area (Å²) < 4.78 is 61.1. The highest BCUT2D eigenvalue weighted by Gasteiger charge is 2.29. The summed E-state index contributed by atoms with van der Waals surface area (Å²) in [5.41, 5.74) is 0. The van der Waals surface area contributed by atoms with E-state index in [1.165, 1.54) is 116 Å². The molecule has 0 saturated carbocycles. The number of hydrogen-bond donors (Lipinski definition) is 4. The summed E-state index contributed by atoms with van der Waals surface area (Å²) in [7, 11) is -9.81. The molecule has 0 fully saturated rings. The minimum absolute atomic E-state index is 0.0735. The number of aliphatic hydroxyl groups excluding tert-OH is 2. The molecule has 5 atom stereocenters. The first kappa shape index (κ1) is 98.4. The Morgan fingerprint density at radius 1 is 0.282 bits per heavy atom. The Hall–Kier alpha value is -4.57. The van der Waals surface area contributed by atoms with E-state index in [0.717, 1.165) is 141 Å². The van der Waals surface area contributed by atoms with Crippen molar-refractivity contribution in [1.82, 2.24) is 0 Å². The molecule has 0 aliphatic heterocycles. The lowest BCUT2D eigenvalue weighted by atomic mass is 10.0. The maximum Gasteiger partial charge on any atom is 0.472 e. The number of allylic oxidation sites excluding steroid dienone is 24. The number of aliphatic hydroxyl groups is 2. The molecule has 0 radical (unpaired) electrons. The summed E-state index contributed by atoms with van der Waals surface area (Å²) in [5, 5.41) is 20.6. The third-order valence-electron chi connectivity index (χ3n) is 16.5. The second-order valence-electron chi connectivity index (χ2n) is 26.5. The van der Waals surface area contributed by atoms with Crippen LogP contribution in [0.15, 0.2) is 146 Å². The molecule has 18 heteroatoms. The van der Waals surface area contributed by atoms with Crippen molar-refractivity contribution in [2.75, 3.05) is 39.6 Å². The van der Waals surface area contributed by atoms with Crippen LogP contribution >= 0.6 is 15.6 Å². The number of carbonyl (C=O) groups excluding carboxylic acids is 3. The maximum absolute atomic E-state index is 12.9. The summed E-state index contributed by atoms with van der Waals surface area (Å²) in [6, 6.07) is 0. The third kappa shape index (κ3) is 78.3. The fourth-order valence-corrected chi connectivity index (χ4v) is 12.1. The van der Waals surface area contributed by atoms with Gasteiger partial charge in [0, 0.05) is 19.3 Å². The molecule has 0 amide bonds. The second-order valence-corrected chi connectivity index (χ2v) is 29.4. The van der Waals surface area contributed by atoms with E-state index in [4.69, 9.17) is 32.3 Å². The number of rotatable bonds is 75. The molecule has 0 bridgehead atoms. The van der Waals surface area contributed by atoms with Gasteiger partial charge in [0.05, 0.1) is 26.4 Å². The molecule has 0 saturated heterocycles. The number of phosphoric acid groups is 2. The molecular formula is C85H144O16P2. The highest BCUT2D eigenvalue weighted by Crippen LogP contribution is 2.45. The minimum atomic E-state index is -4.95. The van der Waals surface area contributed by atoms with Crippen LogP contribution in [0.5, 0.6) is 0 Å². The van der Waals surface area contributed by atoms with Gasteiger partial charge in [0.25, 0.3) is 0 Å². The molecule has 0 aromatic rings. The van der Waals surface area contributed by atoms with Crippen molar-refractivity contribution in [3.8, 4) is 0 Å². The van der Waals surface area contributed by atoms with Crippen molar-refractivity contribution in [3.05, 3.63) is 146 Å². The Morgan fingerprint density at radius 3 is 0.825 bits per heavy atom. The van der Waals surface area contributed by atoms with Crippen LogP contribution in [-0.4, -0.2) is 95.9 Å². The molecule has 0 aliphatic carbocycles. The van der Waals surface area contributed by atoms with E-state index in [2.05, 4.69) is 167 Å². The smallest absolute Gasteiger partial charge is 0.463 e. The van der Waals surface area contributed by atoms with Crippen LogP contribution in [0.1, 0.15) is 316 Å². The summed E-state index contributed by atoms with van der Waals surface area (Å²) in [5.74, 6) is -1.63. The summed E-state index contributed by atoms with van der Waals surface area (Å²) >= 11 is 0. The molecule has 0 rings (SSSR count). The lowest BCUT2D eigenvalue weighted by Gasteiger charge is -2.21. The van der Waals surface area contributed by atoms with Gasteiger partial charge in [-0.2, -0.15) is 0 Å². The molecule has 4 N–H and O–H groups in total. The van der Waals surface area contributed by atoms with Gasteiger partial charge in [-0.3, -0.25) is 32.5 Å². The largest absolute Gasteiger partial charge is 0.472 e. The van der Waals surface area contributed by atoms with Gasteiger partial charge in [-0.15, -0.1) is 0 Å². The van der Waals surface area contributed by atoms with Crippen LogP contribution in [0.25, 0.3) is 0 Å². The molecule has 0 heterocycles. The predicted molar refractivity (Wildman–Crippen MR) is 426 cm³/mol. The predicted octanol–water partition coefficient (Wildman–Crippen LogP) is 23.7. The van der Waals surface area contributed by atoms with Crippen molar-refractivity contribution in [3.63, 3.8) is 0 Å². The lowest BCUT2D eigenvalue weighted by molar-refractivity contribution is -0.161. The van der Waals surface area contributed by atoms with Crippen molar-refractivity contribution in [2.24, 2.45) is 0 Å². The van der Waals surface area contributed by atoms with Crippen molar-refractivity contribution in [2.45, 2.75) is 334 Å². The number of esters is 3. The highest BCUT2D eigenvalue weighted by molar-refractivity contribution is 7.47. The number of hydrogen-bond acceptors (Lipinski definition) is 14. The minimum Gasteiger partial charge on any atom is -0.463 e. The van der Waals surface area contributed by atoms with Crippen molar-refractivity contribution < 1.29 is 75.8 Å². The quantitative estimate of drug-likeness (QED) is 0.0146. The first-order chi connectivity index (χ1) is 50.2. The number of ether oxygens (including phenoxy) is 3. The van der Waals surface area contributed by atoms with Crippen LogP contribution in [0.3, 0.4) is 0 Å². The fraction of sp³-hybridized carbons (Fsp3) is 0.682. The van der Waals surface area contributed by atoms with Gasteiger partial charge in [-0.1, -0.05) is 301 Å². The van der Waals surface area contributed by atoms with E-state index in [-0.39, 0.29) is 19.3 Å². The van der Waals surface area contributed by atoms with E-state index in [0.29, 0.717) is 19.3 Å². The fourth-order valence-electron chi connectivity index (χ4n) is 10.5. The topological polar surface area (TPSA) is 231 Å².